The summed E-state index contributed by atoms with van der Waals surface area (Å²) < 4.78 is 0.821. The zero-order chi connectivity index (χ0) is 44.9. The van der Waals surface area contributed by atoms with E-state index in [4.69, 9.17) is 11.6 Å². The lowest BCUT2D eigenvalue weighted by molar-refractivity contribution is 0.411. The van der Waals surface area contributed by atoms with Gasteiger partial charge in [0.2, 0.25) is 0 Å². The lowest BCUT2D eigenvalue weighted by Crippen LogP contribution is -2.11. The van der Waals surface area contributed by atoms with Gasteiger partial charge in [-0.2, -0.15) is 0 Å². The Morgan fingerprint density at radius 1 is 0.500 bits per heavy atom. The minimum atomic E-state index is 0.0370. The van der Waals surface area contributed by atoms with E-state index in [1.54, 1.807) is 0 Å². The number of allylic oxidation sites excluding steroid dienone is 1. The van der Waals surface area contributed by atoms with Crippen molar-refractivity contribution in [1.82, 2.24) is 4.98 Å². The van der Waals surface area contributed by atoms with E-state index in [1.807, 2.05) is 12.3 Å². The van der Waals surface area contributed by atoms with E-state index >= 15 is 0 Å². The quantitative estimate of drug-likeness (QED) is 0.120. The Kier molecular flexibility index (Phi) is 10.7. The zero-order valence-corrected chi connectivity index (χ0v) is 39.2. The molecule has 1 aliphatic rings. The van der Waals surface area contributed by atoms with Crippen molar-refractivity contribution in [1.29, 1.82) is 0 Å². The van der Waals surface area contributed by atoms with Gasteiger partial charge in [-0.3, -0.25) is 0 Å². The average molecular weight is 913 g/mol. The van der Waals surface area contributed by atoms with Gasteiger partial charge in [0.15, 0.2) is 0 Å². The minimum Gasteiger partial charge on any atom is -0.249 e. The molecule has 9 aromatic carbocycles. The molecule has 0 spiro atoms. The van der Waals surface area contributed by atoms with Gasteiger partial charge in [-0.15, -0.1) is 0 Å². The van der Waals surface area contributed by atoms with Crippen molar-refractivity contribution in [2.24, 2.45) is 5.41 Å². The molecule has 1 atom stereocenters. The Bertz CT molecular complexity index is 3480. The molecule has 0 bridgehead atoms. The van der Waals surface area contributed by atoms with E-state index in [1.165, 1.54) is 105 Å². The van der Waals surface area contributed by atoms with Crippen molar-refractivity contribution in [3.05, 3.63) is 240 Å². The number of pyridine rings is 1. The first-order valence-electron chi connectivity index (χ1n) is 23.0. The molecule has 0 unspecified atom stereocenters. The summed E-state index contributed by atoms with van der Waals surface area (Å²) in [5, 5.41) is 4.82. The van der Waals surface area contributed by atoms with Crippen molar-refractivity contribution in [2.75, 3.05) is 0 Å². The van der Waals surface area contributed by atoms with Gasteiger partial charge in [0.05, 0.1) is 0 Å². The monoisotopic (exact) mass is 911 g/mol. The second kappa shape index (κ2) is 17.0. The summed E-state index contributed by atoms with van der Waals surface area (Å²) in [6.45, 7) is 11.9. The average Bonchev–Trinajstić information content (AvgIpc) is 3.34. The van der Waals surface area contributed by atoms with Crippen molar-refractivity contribution in [2.45, 2.75) is 39.5 Å². The Morgan fingerprint density at radius 3 is 1.85 bits per heavy atom. The van der Waals surface area contributed by atoms with Crippen molar-refractivity contribution in [3.63, 3.8) is 0 Å². The highest BCUT2D eigenvalue weighted by molar-refractivity contribution is 9.10. The minimum absolute atomic E-state index is 0.0370. The first-order chi connectivity index (χ1) is 32.2. The summed E-state index contributed by atoms with van der Waals surface area (Å²) >= 11 is 3.59. The Morgan fingerprint density at radius 2 is 1.11 bits per heavy atom. The van der Waals surface area contributed by atoms with E-state index in [-0.39, 0.29) is 11.3 Å². The predicted molar refractivity (Wildman–Crippen MR) is 285 cm³/mol. The van der Waals surface area contributed by atoms with Gasteiger partial charge in [0.25, 0.3) is 0 Å². The molecule has 318 valence electrons. The van der Waals surface area contributed by atoms with Crippen molar-refractivity contribution < 1.29 is 0 Å². The third kappa shape index (κ3) is 7.70. The maximum atomic E-state index is 4.95. The normalized spacial score (nSPS) is 13.4. The first kappa shape index (κ1) is 41.6. The molecule has 1 heterocycles. The molecule has 10 aromatic rings. The number of hydrogen-bond donors (Lipinski definition) is 0. The lowest BCUT2D eigenvalue weighted by Gasteiger charge is -2.28. The predicted octanol–water partition coefficient (Wildman–Crippen LogP) is 18.1. The van der Waals surface area contributed by atoms with Crippen LogP contribution in [0, 0.1) is 5.41 Å². The number of fused-ring (bicyclic) bond motifs is 9. The molecule has 66 heavy (non-hydrogen) atoms. The Labute approximate surface area is 397 Å². The SMILES string of the molecule is C=C(c1cccc(CC(C)(C)C)c1)[C@@H]1Cc2ccccc2-c2cc(-c3c4ccccc4c(-c4ccc(Br)nc4)c4ccc(-c5ccccc5)cc34)ccc2-c2ccccc2-c2ccccc21. The third-order valence-corrected chi connectivity index (χ3v) is 14.0. The van der Waals surface area contributed by atoms with Crippen LogP contribution in [-0.2, 0) is 12.8 Å². The zero-order valence-electron chi connectivity index (χ0n) is 37.7. The second-order valence-electron chi connectivity index (χ2n) is 19.1. The van der Waals surface area contributed by atoms with E-state index in [0.29, 0.717) is 0 Å². The van der Waals surface area contributed by atoms with E-state index in [2.05, 4.69) is 231 Å². The van der Waals surface area contributed by atoms with Crippen LogP contribution in [0.3, 0.4) is 0 Å². The van der Waals surface area contributed by atoms with Gasteiger partial charge in [0, 0.05) is 17.7 Å². The Hall–Kier alpha value is -7.13. The maximum absolute atomic E-state index is 4.95. The van der Waals surface area contributed by atoms with Crippen LogP contribution in [0.2, 0.25) is 0 Å². The molecule has 0 saturated carbocycles. The van der Waals surface area contributed by atoms with Crippen molar-refractivity contribution >= 4 is 43.0 Å². The standard InChI is InChI=1S/C64H50BrN/c1-41(44-21-16-17-42(35-44)39-64(2,3)4)58-37-46-20-8-9-22-49(46)59-38-47(30-32-54(59)52-25-11-10-23-50(52)51-24-12-13-26-53(51)58)62-55-27-14-15-28-56(55)63(48-31-34-61(65)66-40-48)57-33-29-45(36-60(57)62)43-18-6-5-7-19-43/h5-36,38,40,58H,1,37,39H2,2-4H3/t58-/m0/s1. The van der Waals surface area contributed by atoms with Gasteiger partial charge < -0.3 is 0 Å². The molecule has 1 nitrogen and oxygen atoms in total. The molecule has 1 aromatic heterocycles. The lowest BCUT2D eigenvalue weighted by atomic mass is 9.75. The molecular formula is C64H50BrN. The highest BCUT2D eigenvalue weighted by Gasteiger charge is 2.27. The summed E-state index contributed by atoms with van der Waals surface area (Å²) in [5.41, 5.74) is 21.0. The first-order valence-corrected chi connectivity index (χ1v) is 23.8. The number of hydrogen-bond acceptors (Lipinski definition) is 1. The van der Waals surface area contributed by atoms with Gasteiger partial charge >= 0.3 is 0 Å². The molecule has 0 aliphatic heterocycles. The molecule has 0 fully saturated rings. The van der Waals surface area contributed by atoms with Crippen LogP contribution < -0.4 is 0 Å². The van der Waals surface area contributed by atoms with Crippen LogP contribution in [0.4, 0.5) is 0 Å². The number of benzene rings is 9. The smallest absolute Gasteiger partial charge is 0.106 e. The van der Waals surface area contributed by atoms with E-state index in [0.717, 1.165) is 28.6 Å². The highest BCUT2D eigenvalue weighted by Crippen LogP contribution is 2.50. The van der Waals surface area contributed by atoms with Crippen LogP contribution in [0.5, 0.6) is 0 Å². The highest BCUT2D eigenvalue weighted by atomic mass is 79.9. The topological polar surface area (TPSA) is 12.9 Å². The third-order valence-electron chi connectivity index (χ3n) is 13.5. The van der Waals surface area contributed by atoms with Crippen LogP contribution in [-0.4, -0.2) is 4.98 Å². The van der Waals surface area contributed by atoms with Gasteiger partial charge in [0.1, 0.15) is 4.60 Å². The van der Waals surface area contributed by atoms with Crippen molar-refractivity contribution in [3.8, 4) is 66.8 Å². The maximum Gasteiger partial charge on any atom is 0.106 e. The fraction of sp³-hybridized carbons (Fsp3) is 0.109. The molecular weight excluding hydrogens is 863 g/mol. The second-order valence-corrected chi connectivity index (χ2v) is 19.9. The molecule has 0 N–H and O–H groups in total. The molecule has 1 aliphatic carbocycles. The molecule has 0 saturated heterocycles. The fourth-order valence-electron chi connectivity index (χ4n) is 10.6. The van der Waals surface area contributed by atoms with Gasteiger partial charge in [-0.1, -0.05) is 209 Å². The number of rotatable bonds is 6. The van der Waals surface area contributed by atoms with Gasteiger partial charge in [-0.25, -0.2) is 4.98 Å². The molecule has 0 radical (unpaired) electrons. The largest absolute Gasteiger partial charge is 0.249 e. The van der Waals surface area contributed by atoms with Crippen LogP contribution in [0.15, 0.2) is 218 Å². The fourth-order valence-corrected chi connectivity index (χ4v) is 10.8. The summed E-state index contributed by atoms with van der Waals surface area (Å²) in [4.78, 5) is 4.71. The van der Waals surface area contributed by atoms with E-state index < -0.39 is 0 Å². The molecule has 2 heteroatoms. The molecule has 0 amide bonds. The van der Waals surface area contributed by atoms with Crippen LogP contribution in [0.25, 0.3) is 93.9 Å². The van der Waals surface area contributed by atoms with Crippen LogP contribution in [0.1, 0.15) is 48.9 Å². The number of halogens is 1. The Balaban J connectivity index is 1.17. The van der Waals surface area contributed by atoms with Crippen LogP contribution >= 0.6 is 15.9 Å². The summed E-state index contributed by atoms with van der Waals surface area (Å²) in [7, 11) is 0. The number of aromatic nitrogens is 1. The number of nitrogens with zero attached hydrogens (tertiary/aromatic N) is 1. The molecule has 11 rings (SSSR count). The summed E-state index contributed by atoms with van der Waals surface area (Å²) in [6, 6.07) is 74.4. The van der Waals surface area contributed by atoms with Gasteiger partial charge in [-0.05, 0) is 163 Å². The summed E-state index contributed by atoms with van der Waals surface area (Å²) in [6.07, 6.45) is 3.81. The summed E-state index contributed by atoms with van der Waals surface area (Å²) in [5.74, 6) is 0.0370. The van der Waals surface area contributed by atoms with E-state index in [9.17, 15) is 0 Å².